The summed E-state index contributed by atoms with van der Waals surface area (Å²) in [4.78, 5) is 28.6. The lowest BCUT2D eigenvalue weighted by Crippen LogP contribution is -2.39. The smallest absolute Gasteiger partial charge is 0.176 e. The standard InChI is InChI=1S/C28H34N4OS.2H2O.H2/c1-5-34-23-11-8-21(9-12-23)18-29-16-6-7-22-10-13-24-25(32-22)14-15-28(4,27(24)33)26-17-19(2)30-20(3)31-26;;;/h8-13,17,29H,5-7,14-16,18H2,1-4H3;2*1H2;1H. The number of benzene rings is 1. The molecule has 0 saturated heterocycles. The summed E-state index contributed by atoms with van der Waals surface area (Å²) >= 11 is 1.87. The number of ketones is 1. The monoisotopic (exact) mass is 512 g/mol. The lowest BCUT2D eigenvalue weighted by Gasteiger charge is -2.32. The van der Waals surface area contributed by atoms with Gasteiger partial charge in [0.15, 0.2) is 5.78 Å². The lowest BCUT2D eigenvalue weighted by molar-refractivity contribution is 0.0870. The van der Waals surface area contributed by atoms with Crippen molar-refractivity contribution >= 4 is 17.5 Å². The molecular weight excluding hydrogens is 472 g/mol. The maximum atomic E-state index is 13.5. The third kappa shape index (κ3) is 6.76. The van der Waals surface area contributed by atoms with Crippen LogP contribution in [-0.2, 0) is 24.8 Å². The number of pyridine rings is 1. The van der Waals surface area contributed by atoms with Crippen LogP contribution in [0.3, 0.4) is 0 Å². The van der Waals surface area contributed by atoms with Crippen LogP contribution in [0, 0.1) is 13.8 Å². The Bertz CT molecular complexity index is 1160. The van der Waals surface area contributed by atoms with Crippen LogP contribution in [0.25, 0.3) is 0 Å². The van der Waals surface area contributed by atoms with Gasteiger partial charge in [0.25, 0.3) is 0 Å². The molecule has 0 aliphatic heterocycles. The molecular formula is C28H40N4O3S. The normalized spacial score (nSPS) is 16.6. The SMILES string of the molecule is CCSc1ccc(CNCCCc2ccc3c(n2)CCC(C)(c2cc(C)nc(C)n2)C3=O)cc1.O.O.[HH]. The van der Waals surface area contributed by atoms with E-state index in [1.54, 1.807) is 0 Å². The molecule has 2 heterocycles. The van der Waals surface area contributed by atoms with Crippen molar-refractivity contribution in [2.24, 2.45) is 0 Å². The van der Waals surface area contributed by atoms with Gasteiger partial charge in [-0.05, 0) is 94.6 Å². The number of nitrogens with zero attached hydrogens (tertiary/aromatic N) is 3. The Labute approximate surface area is 219 Å². The highest BCUT2D eigenvalue weighted by atomic mass is 32.2. The van der Waals surface area contributed by atoms with Gasteiger partial charge in [-0.1, -0.05) is 19.1 Å². The predicted molar refractivity (Wildman–Crippen MR) is 148 cm³/mol. The predicted octanol–water partition coefficient (Wildman–Crippen LogP) is 4.01. The van der Waals surface area contributed by atoms with Crippen LogP contribution >= 0.6 is 11.8 Å². The minimum Gasteiger partial charge on any atom is -0.412 e. The number of carbonyl (C=O) groups excluding carboxylic acids is 1. The molecule has 1 atom stereocenters. The van der Waals surface area contributed by atoms with Crippen LogP contribution in [0.2, 0.25) is 0 Å². The molecule has 8 heteroatoms. The molecule has 3 aromatic rings. The number of hydrogen-bond donors (Lipinski definition) is 1. The third-order valence-electron chi connectivity index (χ3n) is 6.52. The maximum absolute atomic E-state index is 13.5. The molecule has 5 N–H and O–H groups in total. The summed E-state index contributed by atoms with van der Waals surface area (Å²) < 4.78 is 0. The van der Waals surface area contributed by atoms with Crippen LogP contribution in [0.5, 0.6) is 0 Å². The van der Waals surface area contributed by atoms with Gasteiger partial charge in [0.1, 0.15) is 5.82 Å². The highest BCUT2D eigenvalue weighted by Gasteiger charge is 2.42. The summed E-state index contributed by atoms with van der Waals surface area (Å²) in [6, 6.07) is 14.7. The number of hydrogen-bond acceptors (Lipinski definition) is 6. The molecule has 1 aromatic carbocycles. The zero-order valence-corrected chi connectivity index (χ0v) is 22.5. The van der Waals surface area contributed by atoms with E-state index >= 15 is 0 Å². The minimum absolute atomic E-state index is 0. The fraction of sp³-hybridized carbons (Fsp3) is 0.429. The summed E-state index contributed by atoms with van der Waals surface area (Å²) in [5.74, 6) is 1.93. The first-order valence-corrected chi connectivity index (χ1v) is 13.2. The largest absolute Gasteiger partial charge is 0.412 e. The van der Waals surface area contributed by atoms with Crippen molar-refractivity contribution in [3.63, 3.8) is 0 Å². The highest BCUT2D eigenvalue weighted by Crippen LogP contribution is 2.37. The second kappa shape index (κ2) is 13.1. The van der Waals surface area contributed by atoms with Crippen LogP contribution in [0.15, 0.2) is 47.4 Å². The zero-order valence-electron chi connectivity index (χ0n) is 21.6. The van der Waals surface area contributed by atoms with Crippen LogP contribution < -0.4 is 5.32 Å². The number of fused-ring (bicyclic) bond motifs is 1. The molecule has 0 amide bonds. The van der Waals surface area contributed by atoms with Crippen molar-refractivity contribution in [1.82, 2.24) is 20.3 Å². The summed E-state index contributed by atoms with van der Waals surface area (Å²) in [6.45, 7) is 9.83. The Morgan fingerprint density at radius 2 is 1.81 bits per heavy atom. The van der Waals surface area contributed by atoms with Gasteiger partial charge in [0.2, 0.25) is 0 Å². The number of carbonyl (C=O) groups is 1. The van der Waals surface area contributed by atoms with E-state index in [-0.39, 0.29) is 18.2 Å². The van der Waals surface area contributed by atoms with Crippen molar-refractivity contribution in [3.05, 3.63) is 82.2 Å². The molecule has 0 bridgehead atoms. The average Bonchev–Trinajstić information content (AvgIpc) is 2.82. The van der Waals surface area contributed by atoms with Gasteiger partial charge in [-0.2, -0.15) is 0 Å². The summed E-state index contributed by atoms with van der Waals surface area (Å²) in [6.07, 6.45) is 3.43. The summed E-state index contributed by atoms with van der Waals surface area (Å²) in [7, 11) is 0. The zero-order chi connectivity index (χ0) is 24.1. The van der Waals surface area contributed by atoms with E-state index in [0.29, 0.717) is 5.82 Å². The molecule has 1 aliphatic rings. The Kier molecular flexibility index (Phi) is 10.7. The number of aromatic nitrogens is 3. The minimum atomic E-state index is -0.619. The molecule has 36 heavy (non-hydrogen) atoms. The number of rotatable bonds is 9. The van der Waals surface area contributed by atoms with Crippen LogP contribution in [0.1, 0.15) is 72.6 Å². The van der Waals surface area contributed by atoms with Crippen molar-refractivity contribution in [2.45, 2.75) is 70.2 Å². The van der Waals surface area contributed by atoms with Gasteiger partial charge in [0, 0.05) is 29.8 Å². The van der Waals surface area contributed by atoms with Crippen molar-refractivity contribution in [2.75, 3.05) is 12.3 Å². The van der Waals surface area contributed by atoms with Crippen molar-refractivity contribution in [1.29, 1.82) is 0 Å². The van der Waals surface area contributed by atoms with E-state index < -0.39 is 5.41 Å². The Morgan fingerprint density at radius 3 is 2.50 bits per heavy atom. The van der Waals surface area contributed by atoms with E-state index in [9.17, 15) is 4.79 Å². The molecule has 7 nitrogen and oxygen atoms in total. The van der Waals surface area contributed by atoms with Gasteiger partial charge < -0.3 is 16.3 Å². The molecule has 4 rings (SSSR count). The lowest BCUT2D eigenvalue weighted by atomic mass is 9.70. The van der Waals surface area contributed by atoms with E-state index in [1.165, 1.54) is 10.5 Å². The fourth-order valence-electron chi connectivity index (χ4n) is 4.60. The topological polar surface area (TPSA) is 131 Å². The van der Waals surface area contributed by atoms with Gasteiger partial charge in [0.05, 0.1) is 16.8 Å². The van der Waals surface area contributed by atoms with Gasteiger partial charge in [-0.25, -0.2) is 9.97 Å². The number of thioether (sulfide) groups is 1. The van der Waals surface area contributed by atoms with Gasteiger partial charge in [-0.3, -0.25) is 9.78 Å². The Morgan fingerprint density at radius 1 is 1.06 bits per heavy atom. The molecule has 0 fully saturated rings. The number of nitrogens with one attached hydrogen (secondary N) is 1. The average molecular weight is 513 g/mol. The maximum Gasteiger partial charge on any atom is 0.176 e. The molecule has 2 aromatic heterocycles. The van der Waals surface area contributed by atoms with Crippen molar-refractivity contribution in [3.8, 4) is 0 Å². The quantitative estimate of drug-likeness (QED) is 0.340. The third-order valence-corrected chi connectivity index (χ3v) is 7.41. The first-order valence-electron chi connectivity index (χ1n) is 12.2. The van der Waals surface area contributed by atoms with Crippen molar-refractivity contribution < 1.29 is 17.2 Å². The van der Waals surface area contributed by atoms with E-state index in [0.717, 1.165) is 72.9 Å². The molecule has 1 unspecified atom stereocenters. The summed E-state index contributed by atoms with van der Waals surface area (Å²) in [5.41, 5.74) is 5.15. The molecule has 0 radical (unpaired) electrons. The van der Waals surface area contributed by atoms with E-state index in [4.69, 9.17) is 4.98 Å². The second-order valence-corrected chi connectivity index (χ2v) is 10.6. The van der Waals surface area contributed by atoms with E-state index in [1.807, 2.05) is 50.7 Å². The second-order valence-electron chi connectivity index (χ2n) is 9.26. The van der Waals surface area contributed by atoms with Crippen LogP contribution in [0.4, 0.5) is 0 Å². The van der Waals surface area contributed by atoms with E-state index in [2.05, 4.69) is 46.5 Å². The first-order chi connectivity index (χ1) is 16.4. The Hall–Kier alpha value is -2.65. The van der Waals surface area contributed by atoms with Crippen LogP contribution in [-0.4, -0.2) is 44.0 Å². The fourth-order valence-corrected chi connectivity index (χ4v) is 5.27. The molecule has 196 valence electrons. The summed E-state index contributed by atoms with van der Waals surface area (Å²) in [5, 5.41) is 3.53. The molecule has 0 saturated carbocycles. The first kappa shape index (κ1) is 29.6. The van der Waals surface area contributed by atoms with Gasteiger partial charge in [-0.15, -0.1) is 11.8 Å². The van der Waals surface area contributed by atoms with Gasteiger partial charge >= 0.3 is 0 Å². The molecule has 0 spiro atoms. The molecule has 1 aliphatic carbocycles. The number of Topliss-reactive ketones (excluding diaryl/α,β-unsaturated/α-hetero) is 1. The Balaban J connectivity index is 0.00000228. The highest BCUT2D eigenvalue weighted by molar-refractivity contribution is 7.99. The number of aryl methyl sites for hydroxylation is 4.